The Hall–Kier alpha value is -2.78. The lowest BCUT2D eigenvalue weighted by molar-refractivity contribution is -0.138. The SMILES string of the molecule is CCCC(C)(C)c1ccccc1CCCc1cccc(/C=C/C(C)/C=C\C2=CCC(C)CC=C2C2CCC2)c1.O=C(O)CC1(CS)CC1. The van der Waals surface area contributed by atoms with Gasteiger partial charge in [0.2, 0.25) is 0 Å². The fourth-order valence-corrected chi connectivity index (χ4v) is 7.67. The maximum Gasteiger partial charge on any atom is 0.303 e. The third-order valence-electron chi connectivity index (χ3n) is 10.8. The molecular formula is C45H62O2S. The Morgan fingerprint density at radius 3 is 2.40 bits per heavy atom. The Morgan fingerprint density at radius 1 is 1.02 bits per heavy atom. The Balaban J connectivity index is 0.000000500. The van der Waals surface area contributed by atoms with Crippen LogP contribution in [0.15, 0.2) is 90.1 Å². The molecule has 0 spiro atoms. The topological polar surface area (TPSA) is 37.3 Å². The van der Waals surface area contributed by atoms with Gasteiger partial charge in [-0.05, 0) is 132 Å². The minimum atomic E-state index is -0.693. The van der Waals surface area contributed by atoms with Gasteiger partial charge in [0.05, 0.1) is 6.42 Å². The molecule has 0 heterocycles. The van der Waals surface area contributed by atoms with E-state index in [-0.39, 0.29) is 10.8 Å². The van der Waals surface area contributed by atoms with Crippen molar-refractivity contribution in [2.75, 3.05) is 5.75 Å². The Labute approximate surface area is 298 Å². The van der Waals surface area contributed by atoms with E-state index in [1.165, 1.54) is 79.2 Å². The van der Waals surface area contributed by atoms with Gasteiger partial charge >= 0.3 is 5.97 Å². The van der Waals surface area contributed by atoms with Crippen LogP contribution in [0.25, 0.3) is 6.08 Å². The molecule has 0 aliphatic heterocycles. The molecule has 2 aromatic rings. The molecule has 5 rings (SSSR count). The van der Waals surface area contributed by atoms with Crippen molar-refractivity contribution < 1.29 is 9.90 Å². The third-order valence-corrected chi connectivity index (χ3v) is 11.5. The van der Waals surface area contributed by atoms with Crippen LogP contribution < -0.4 is 0 Å². The average Bonchev–Trinajstić information content (AvgIpc) is 3.83. The molecule has 2 nitrogen and oxygen atoms in total. The second-order valence-electron chi connectivity index (χ2n) is 15.7. The second kappa shape index (κ2) is 18.3. The molecule has 48 heavy (non-hydrogen) atoms. The van der Waals surface area contributed by atoms with Gasteiger partial charge in [0.1, 0.15) is 0 Å². The summed E-state index contributed by atoms with van der Waals surface area (Å²) in [6.45, 7) is 11.8. The van der Waals surface area contributed by atoms with E-state index in [2.05, 4.69) is 132 Å². The number of benzene rings is 2. The average molecular weight is 667 g/mol. The van der Waals surface area contributed by atoms with Gasteiger partial charge < -0.3 is 5.11 Å². The molecule has 2 fully saturated rings. The van der Waals surface area contributed by atoms with Gasteiger partial charge in [-0.2, -0.15) is 12.6 Å². The van der Waals surface area contributed by atoms with Gasteiger partial charge in [0.25, 0.3) is 0 Å². The van der Waals surface area contributed by atoms with Crippen LogP contribution in [0.4, 0.5) is 0 Å². The van der Waals surface area contributed by atoms with E-state index in [0.717, 1.165) is 43.3 Å². The van der Waals surface area contributed by atoms with Crippen molar-refractivity contribution in [2.45, 2.75) is 124 Å². The molecule has 3 aliphatic rings. The number of hydrogen-bond donors (Lipinski definition) is 2. The maximum atomic E-state index is 10.2. The van der Waals surface area contributed by atoms with Crippen molar-refractivity contribution in [3.05, 3.63) is 112 Å². The van der Waals surface area contributed by atoms with E-state index in [0.29, 0.717) is 12.3 Å². The highest BCUT2D eigenvalue weighted by molar-refractivity contribution is 7.80. The summed E-state index contributed by atoms with van der Waals surface area (Å²) in [5, 5.41) is 8.39. The predicted octanol–water partition coefficient (Wildman–Crippen LogP) is 12.4. The minimum absolute atomic E-state index is 0.0783. The van der Waals surface area contributed by atoms with Crippen LogP contribution in [0.1, 0.15) is 128 Å². The monoisotopic (exact) mass is 666 g/mol. The Kier molecular flexibility index (Phi) is 14.5. The summed E-state index contributed by atoms with van der Waals surface area (Å²) in [4.78, 5) is 10.2. The van der Waals surface area contributed by atoms with E-state index in [9.17, 15) is 4.79 Å². The van der Waals surface area contributed by atoms with Gasteiger partial charge in [0, 0.05) is 0 Å². The molecule has 2 saturated carbocycles. The molecule has 2 unspecified atom stereocenters. The zero-order chi connectivity index (χ0) is 34.6. The van der Waals surface area contributed by atoms with Crippen LogP contribution >= 0.6 is 12.6 Å². The number of aryl methyl sites for hydroxylation is 2. The fraction of sp³-hybridized carbons (Fsp3) is 0.533. The van der Waals surface area contributed by atoms with Crippen molar-refractivity contribution in [2.24, 2.45) is 23.2 Å². The number of carboxylic acid groups (broad SMARTS) is 1. The molecule has 1 N–H and O–H groups in total. The summed E-state index contributed by atoms with van der Waals surface area (Å²) in [5.74, 6) is 2.01. The lowest BCUT2D eigenvalue weighted by Crippen LogP contribution is -2.19. The van der Waals surface area contributed by atoms with Crippen LogP contribution in [0.3, 0.4) is 0 Å². The summed E-state index contributed by atoms with van der Waals surface area (Å²) in [7, 11) is 0. The minimum Gasteiger partial charge on any atom is -0.481 e. The molecule has 0 amide bonds. The van der Waals surface area contributed by atoms with Gasteiger partial charge in [-0.1, -0.05) is 132 Å². The van der Waals surface area contributed by atoms with Crippen molar-refractivity contribution in [1.29, 1.82) is 0 Å². The van der Waals surface area contributed by atoms with Crippen LogP contribution in [0, 0.1) is 23.2 Å². The zero-order valence-electron chi connectivity index (χ0n) is 30.5. The van der Waals surface area contributed by atoms with Crippen molar-refractivity contribution in [3.63, 3.8) is 0 Å². The van der Waals surface area contributed by atoms with Crippen LogP contribution in [0.2, 0.25) is 0 Å². The molecule has 0 radical (unpaired) electrons. The quantitative estimate of drug-likeness (QED) is 0.186. The summed E-state index contributed by atoms with van der Waals surface area (Å²) in [5.41, 5.74) is 9.27. The van der Waals surface area contributed by atoms with Gasteiger partial charge in [-0.3, -0.25) is 4.79 Å². The van der Waals surface area contributed by atoms with E-state index >= 15 is 0 Å². The first kappa shape index (κ1) is 38.0. The number of allylic oxidation sites excluding steroid dienone is 7. The first-order valence-electron chi connectivity index (χ1n) is 18.8. The largest absolute Gasteiger partial charge is 0.481 e. The van der Waals surface area contributed by atoms with E-state index in [1.807, 2.05) is 0 Å². The highest BCUT2D eigenvalue weighted by Crippen LogP contribution is 2.49. The number of thiol groups is 1. The first-order valence-corrected chi connectivity index (χ1v) is 19.4. The molecule has 0 aromatic heterocycles. The van der Waals surface area contributed by atoms with Crippen molar-refractivity contribution >= 4 is 24.7 Å². The van der Waals surface area contributed by atoms with Crippen LogP contribution in [0.5, 0.6) is 0 Å². The summed E-state index contributed by atoms with van der Waals surface area (Å²) in [6.07, 6.45) is 29.4. The number of carbonyl (C=O) groups is 1. The van der Waals surface area contributed by atoms with Crippen molar-refractivity contribution in [1.82, 2.24) is 0 Å². The number of carboxylic acids is 1. The molecule has 2 atom stereocenters. The normalized spacial score (nSPS) is 19.9. The number of hydrogen-bond acceptors (Lipinski definition) is 2. The zero-order valence-corrected chi connectivity index (χ0v) is 31.4. The van der Waals surface area contributed by atoms with Crippen molar-refractivity contribution in [3.8, 4) is 0 Å². The third kappa shape index (κ3) is 11.7. The van der Waals surface area contributed by atoms with E-state index in [1.54, 1.807) is 5.57 Å². The number of rotatable bonds is 15. The fourth-order valence-electron chi connectivity index (χ4n) is 7.24. The molecule has 3 aliphatic carbocycles. The van der Waals surface area contributed by atoms with Crippen LogP contribution in [-0.2, 0) is 23.1 Å². The molecule has 3 heteroatoms. The van der Waals surface area contributed by atoms with Gasteiger partial charge in [-0.25, -0.2) is 0 Å². The smallest absolute Gasteiger partial charge is 0.303 e. The molecule has 0 bridgehead atoms. The molecule has 0 saturated heterocycles. The number of aliphatic carboxylic acids is 1. The summed E-state index contributed by atoms with van der Waals surface area (Å²) in [6, 6.07) is 18.3. The standard InChI is InChI=1S/C39H52.C6H10O2S/c1-6-28-39(4,5)38-19-8-7-15-36(38)18-10-14-32-12-9-13-33(29-32)24-20-30(2)21-25-35-26-22-31(3)23-27-37(35)34-16-11-17-34;7-5(8)3-6(4-9)1-2-6/h7-9,12-13,15,19-21,24-27,29-31,34H,6,10-11,14,16-18,22-23,28H2,1-5H3;9H,1-4H2,(H,7,8)/b24-20+,25-21-;. The van der Waals surface area contributed by atoms with Gasteiger partial charge in [-0.15, -0.1) is 0 Å². The van der Waals surface area contributed by atoms with Gasteiger partial charge in [0.15, 0.2) is 0 Å². The van der Waals surface area contributed by atoms with E-state index in [4.69, 9.17) is 5.11 Å². The second-order valence-corrected chi connectivity index (χ2v) is 16.0. The summed E-state index contributed by atoms with van der Waals surface area (Å²) < 4.78 is 0. The highest BCUT2D eigenvalue weighted by Gasteiger charge is 2.42. The Morgan fingerprint density at radius 2 is 1.75 bits per heavy atom. The summed E-state index contributed by atoms with van der Waals surface area (Å²) >= 11 is 4.07. The Bertz CT molecular complexity index is 1450. The maximum absolute atomic E-state index is 10.2. The molecule has 2 aromatic carbocycles. The lowest BCUT2D eigenvalue weighted by atomic mass is 9.76. The molecule has 260 valence electrons. The van der Waals surface area contributed by atoms with Crippen LogP contribution in [-0.4, -0.2) is 16.8 Å². The highest BCUT2D eigenvalue weighted by atomic mass is 32.1. The lowest BCUT2D eigenvalue weighted by Gasteiger charge is -2.29. The van der Waals surface area contributed by atoms with E-state index < -0.39 is 5.97 Å². The first-order chi connectivity index (χ1) is 23.0. The molecular weight excluding hydrogens is 605 g/mol. The predicted molar refractivity (Wildman–Crippen MR) is 210 cm³/mol.